The van der Waals surface area contributed by atoms with Crippen molar-refractivity contribution < 1.29 is 29.0 Å². The van der Waals surface area contributed by atoms with Crippen LogP contribution in [-0.2, 0) is 19.1 Å². The molecule has 9 heteroatoms. The van der Waals surface area contributed by atoms with Gasteiger partial charge in [0, 0.05) is 12.5 Å². The minimum absolute atomic E-state index is 0.0926. The zero-order valence-electron chi connectivity index (χ0n) is 19.8. The number of fused-ring (bicyclic) bond motifs is 3. The van der Waals surface area contributed by atoms with E-state index in [9.17, 15) is 19.5 Å². The number of morpholine rings is 1. The van der Waals surface area contributed by atoms with Gasteiger partial charge in [-0.05, 0) is 47.6 Å². The summed E-state index contributed by atoms with van der Waals surface area (Å²) in [5, 5.41) is 12.3. The Morgan fingerprint density at radius 3 is 2.37 bits per heavy atom. The molecule has 2 aromatic carbocycles. The molecule has 8 nitrogen and oxygen atoms in total. The van der Waals surface area contributed by atoms with Gasteiger partial charge >= 0.3 is 12.1 Å². The van der Waals surface area contributed by atoms with Gasteiger partial charge in [0.25, 0.3) is 0 Å². The van der Waals surface area contributed by atoms with E-state index in [1.165, 1.54) is 4.90 Å². The van der Waals surface area contributed by atoms with Gasteiger partial charge in [0.15, 0.2) is 6.04 Å². The number of benzene rings is 2. The first-order valence-electron chi connectivity index (χ1n) is 11.7. The van der Waals surface area contributed by atoms with Crippen LogP contribution in [0.2, 0.25) is 0 Å². The van der Waals surface area contributed by atoms with Gasteiger partial charge in [-0.2, -0.15) is 11.8 Å². The molecule has 35 heavy (non-hydrogen) atoms. The van der Waals surface area contributed by atoms with E-state index in [0.717, 1.165) is 22.3 Å². The zero-order chi connectivity index (χ0) is 24.9. The fraction of sp³-hybridized carbons (Fsp3) is 0.423. The Hall–Kier alpha value is -3.04. The van der Waals surface area contributed by atoms with Gasteiger partial charge in [-0.25, -0.2) is 9.59 Å². The van der Waals surface area contributed by atoms with E-state index in [1.54, 1.807) is 18.7 Å². The number of aliphatic carboxylic acids is 1. The van der Waals surface area contributed by atoms with E-state index in [-0.39, 0.29) is 25.7 Å². The fourth-order valence-corrected chi connectivity index (χ4v) is 5.35. The predicted octanol–water partition coefficient (Wildman–Crippen LogP) is 3.35. The summed E-state index contributed by atoms with van der Waals surface area (Å²) in [5.74, 6) is -1.03. The van der Waals surface area contributed by atoms with Crippen molar-refractivity contribution >= 4 is 29.7 Å². The van der Waals surface area contributed by atoms with Crippen LogP contribution in [0.1, 0.15) is 30.4 Å². The van der Waals surface area contributed by atoms with E-state index >= 15 is 0 Å². The van der Waals surface area contributed by atoms with Crippen LogP contribution in [0.3, 0.4) is 0 Å². The van der Waals surface area contributed by atoms with Gasteiger partial charge in [0.1, 0.15) is 12.6 Å². The van der Waals surface area contributed by atoms with Crippen LogP contribution in [0.25, 0.3) is 11.1 Å². The summed E-state index contributed by atoms with van der Waals surface area (Å²) in [6, 6.07) is 14.1. The number of thioether (sulfide) groups is 1. The number of nitrogens with one attached hydrogen (secondary N) is 1. The average Bonchev–Trinajstić information content (AvgIpc) is 3.18. The number of rotatable bonds is 8. The second-order valence-corrected chi connectivity index (χ2v) is 9.68. The third kappa shape index (κ3) is 5.31. The summed E-state index contributed by atoms with van der Waals surface area (Å²) in [4.78, 5) is 39.2. The highest BCUT2D eigenvalue weighted by Crippen LogP contribution is 2.44. The topological polar surface area (TPSA) is 105 Å². The molecule has 0 radical (unpaired) electrons. The first kappa shape index (κ1) is 25.1. The van der Waals surface area contributed by atoms with Crippen LogP contribution in [0.5, 0.6) is 0 Å². The Kier molecular flexibility index (Phi) is 7.97. The molecule has 3 atom stereocenters. The number of nitrogens with zero attached hydrogens (tertiary/aromatic N) is 1. The number of amides is 2. The lowest BCUT2D eigenvalue weighted by molar-refractivity contribution is -0.165. The molecule has 2 aliphatic rings. The molecule has 0 saturated carbocycles. The summed E-state index contributed by atoms with van der Waals surface area (Å²) in [6.45, 7) is 2.17. The van der Waals surface area contributed by atoms with Gasteiger partial charge < -0.3 is 24.8 Å². The maximum atomic E-state index is 13.3. The van der Waals surface area contributed by atoms with Gasteiger partial charge in [0.05, 0.1) is 12.7 Å². The van der Waals surface area contributed by atoms with Crippen LogP contribution in [0.15, 0.2) is 48.5 Å². The second-order valence-electron chi connectivity index (χ2n) is 8.69. The highest BCUT2D eigenvalue weighted by molar-refractivity contribution is 7.98. The van der Waals surface area contributed by atoms with Crippen LogP contribution in [0, 0.1) is 0 Å². The van der Waals surface area contributed by atoms with E-state index in [0.29, 0.717) is 12.2 Å². The zero-order valence-corrected chi connectivity index (χ0v) is 20.6. The summed E-state index contributed by atoms with van der Waals surface area (Å²) in [5.41, 5.74) is 4.46. The minimum atomic E-state index is -1.13. The monoisotopic (exact) mass is 498 g/mol. The SMILES string of the molecule is CSCC[C@H](NC(=O)OCC1c2ccccc2-c2ccccc21)C(=O)N1CCOC(C)C1C(=O)O. The summed E-state index contributed by atoms with van der Waals surface area (Å²) in [7, 11) is 0. The number of alkyl carbamates (subject to hydrolysis) is 1. The molecule has 1 saturated heterocycles. The summed E-state index contributed by atoms with van der Waals surface area (Å²) < 4.78 is 11.1. The standard InChI is InChI=1S/C26H30N2O6S/c1-16-23(25(30)31)28(12-13-33-16)24(29)22(11-14-35-2)27-26(32)34-15-21-19-9-5-3-7-17(19)18-8-4-6-10-20(18)21/h3-10,16,21-23H,11-15H2,1-2H3,(H,27,32)(H,30,31)/t16?,22-,23?/m0/s1. The molecule has 2 N–H and O–H groups in total. The lowest BCUT2D eigenvalue weighted by atomic mass is 9.98. The quantitative estimate of drug-likeness (QED) is 0.575. The third-order valence-corrected chi connectivity index (χ3v) is 7.22. The molecule has 186 valence electrons. The van der Waals surface area contributed by atoms with Crippen LogP contribution < -0.4 is 5.32 Å². The molecule has 0 aromatic heterocycles. The highest BCUT2D eigenvalue weighted by atomic mass is 32.2. The van der Waals surface area contributed by atoms with Crippen molar-refractivity contribution in [2.75, 3.05) is 31.8 Å². The second kappa shape index (κ2) is 11.1. The molecule has 1 aliphatic heterocycles. The number of carbonyl (C=O) groups excluding carboxylic acids is 2. The Morgan fingerprint density at radius 1 is 1.14 bits per heavy atom. The number of hydrogen-bond donors (Lipinski definition) is 2. The van der Waals surface area contributed by atoms with Crippen molar-refractivity contribution in [3.63, 3.8) is 0 Å². The smallest absolute Gasteiger partial charge is 0.407 e. The highest BCUT2D eigenvalue weighted by Gasteiger charge is 2.40. The number of hydrogen-bond acceptors (Lipinski definition) is 6. The minimum Gasteiger partial charge on any atom is -0.480 e. The molecular weight excluding hydrogens is 468 g/mol. The van der Waals surface area contributed by atoms with Crippen molar-refractivity contribution in [1.29, 1.82) is 0 Å². The molecule has 2 unspecified atom stereocenters. The Labute approximate surface area is 209 Å². The first-order valence-corrected chi connectivity index (χ1v) is 13.1. The average molecular weight is 499 g/mol. The van der Waals surface area contributed by atoms with E-state index in [2.05, 4.69) is 17.4 Å². The molecule has 1 aliphatic carbocycles. The number of carboxylic acids is 1. The van der Waals surface area contributed by atoms with Crippen molar-refractivity contribution in [3.8, 4) is 11.1 Å². The van der Waals surface area contributed by atoms with Crippen molar-refractivity contribution in [2.24, 2.45) is 0 Å². The number of ether oxygens (including phenoxy) is 2. The van der Waals surface area contributed by atoms with E-state index < -0.39 is 36.2 Å². The van der Waals surface area contributed by atoms with Gasteiger partial charge in [-0.3, -0.25) is 4.79 Å². The van der Waals surface area contributed by atoms with Crippen molar-refractivity contribution in [2.45, 2.75) is 37.5 Å². The normalized spacial score (nSPS) is 20.0. The van der Waals surface area contributed by atoms with Crippen LogP contribution in [0.4, 0.5) is 4.79 Å². The largest absolute Gasteiger partial charge is 0.480 e. The molecule has 1 fully saturated rings. The van der Waals surface area contributed by atoms with E-state index in [4.69, 9.17) is 9.47 Å². The molecule has 2 aromatic rings. The number of carbonyl (C=O) groups is 3. The Morgan fingerprint density at radius 2 is 1.77 bits per heavy atom. The molecule has 1 heterocycles. The maximum absolute atomic E-state index is 13.3. The fourth-order valence-electron chi connectivity index (χ4n) is 4.88. The third-order valence-electron chi connectivity index (χ3n) is 6.57. The Balaban J connectivity index is 1.45. The molecule has 0 spiro atoms. The van der Waals surface area contributed by atoms with Gasteiger partial charge in [-0.1, -0.05) is 48.5 Å². The molecule has 0 bridgehead atoms. The van der Waals surface area contributed by atoms with Crippen molar-refractivity contribution in [3.05, 3.63) is 59.7 Å². The van der Waals surface area contributed by atoms with Crippen LogP contribution >= 0.6 is 11.8 Å². The summed E-state index contributed by atoms with van der Waals surface area (Å²) >= 11 is 1.54. The summed E-state index contributed by atoms with van der Waals surface area (Å²) in [6.07, 6.45) is 0.939. The Bertz CT molecular complexity index is 1050. The molecule has 2 amide bonds. The number of carboxylic acid groups (broad SMARTS) is 1. The maximum Gasteiger partial charge on any atom is 0.407 e. The molecular formula is C26H30N2O6S. The molecule has 4 rings (SSSR count). The lowest BCUT2D eigenvalue weighted by Crippen LogP contribution is -2.61. The van der Waals surface area contributed by atoms with Crippen molar-refractivity contribution in [1.82, 2.24) is 10.2 Å². The first-order chi connectivity index (χ1) is 16.9. The van der Waals surface area contributed by atoms with Gasteiger partial charge in [0.2, 0.25) is 5.91 Å². The predicted molar refractivity (Wildman–Crippen MR) is 134 cm³/mol. The van der Waals surface area contributed by atoms with E-state index in [1.807, 2.05) is 42.7 Å². The van der Waals surface area contributed by atoms with Crippen LogP contribution in [-0.4, -0.2) is 77.9 Å². The van der Waals surface area contributed by atoms with Gasteiger partial charge in [-0.15, -0.1) is 0 Å². The lowest BCUT2D eigenvalue weighted by Gasteiger charge is -2.39.